The number of rotatable bonds is 10. The standard InChI is InChI=1S/C25H30N2O5/c1-16(2)32-14-6-13-27-24(28)22(18-9-7-17(3)8-10-18)23(25(27)29)26-19-11-12-20(30-4)21(15-19)31-5/h7-12,15-16,26H,6,13-14H2,1-5H3. The fraction of sp³-hybridized carbons (Fsp3) is 0.360. The largest absolute Gasteiger partial charge is 0.493 e. The van der Waals surface area contributed by atoms with Crippen molar-refractivity contribution >= 4 is 23.1 Å². The number of benzene rings is 2. The number of hydrogen-bond acceptors (Lipinski definition) is 6. The van der Waals surface area contributed by atoms with E-state index < -0.39 is 0 Å². The zero-order valence-electron chi connectivity index (χ0n) is 19.2. The molecule has 1 aliphatic rings. The van der Waals surface area contributed by atoms with Gasteiger partial charge < -0.3 is 19.5 Å². The first kappa shape index (κ1) is 23.3. The molecule has 0 bridgehead atoms. The zero-order valence-corrected chi connectivity index (χ0v) is 19.2. The Hall–Kier alpha value is -3.32. The molecule has 2 amide bonds. The van der Waals surface area contributed by atoms with Gasteiger partial charge in [0.05, 0.1) is 25.9 Å². The van der Waals surface area contributed by atoms with Crippen molar-refractivity contribution in [2.75, 3.05) is 32.7 Å². The van der Waals surface area contributed by atoms with Crippen LogP contribution in [0.25, 0.3) is 5.57 Å². The number of aryl methyl sites for hydroxylation is 1. The molecular formula is C25H30N2O5. The topological polar surface area (TPSA) is 77.1 Å². The summed E-state index contributed by atoms with van der Waals surface area (Å²) in [6, 6.07) is 12.8. The molecule has 3 rings (SSSR count). The minimum Gasteiger partial charge on any atom is -0.493 e. The maximum atomic E-state index is 13.3. The van der Waals surface area contributed by atoms with Crippen molar-refractivity contribution in [1.82, 2.24) is 4.90 Å². The smallest absolute Gasteiger partial charge is 0.278 e. The molecule has 0 spiro atoms. The van der Waals surface area contributed by atoms with Crippen molar-refractivity contribution in [2.24, 2.45) is 0 Å². The molecule has 1 aliphatic heterocycles. The van der Waals surface area contributed by atoms with E-state index in [0.717, 1.165) is 5.56 Å². The van der Waals surface area contributed by atoms with Crippen molar-refractivity contribution in [2.45, 2.75) is 33.3 Å². The number of ether oxygens (including phenoxy) is 3. The molecule has 1 heterocycles. The van der Waals surface area contributed by atoms with E-state index in [9.17, 15) is 9.59 Å². The van der Waals surface area contributed by atoms with Gasteiger partial charge >= 0.3 is 0 Å². The third-order valence-corrected chi connectivity index (χ3v) is 5.14. The predicted octanol–water partition coefficient (Wildman–Crippen LogP) is 4.02. The summed E-state index contributed by atoms with van der Waals surface area (Å²) < 4.78 is 16.2. The monoisotopic (exact) mass is 438 g/mol. The summed E-state index contributed by atoms with van der Waals surface area (Å²) in [4.78, 5) is 27.8. The Morgan fingerprint density at radius 1 is 0.938 bits per heavy atom. The fourth-order valence-corrected chi connectivity index (χ4v) is 3.48. The molecule has 7 heteroatoms. The Kier molecular flexibility index (Phi) is 7.53. The number of anilines is 1. The Labute approximate surface area is 189 Å². The molecule has 2 aromatic rings. The van der Waals surface area contributed by atoms with Gasteiger partial charge in [-0.15, -0.1) is 0 Å². The first-order chi connectivity index (χ1) is 15.3. The predicted molar refractivity (Wildman–Crippen MR) is 124 cm³/mol. The SMILES string of the molecule is COc1ccc(NC2=C(c3ccc(C)cc3)C(=O)N(CCCOC(C)C)C2=O)cc1OC. The van der Waals surface area contributed by atoms with Crippen LogP contribution in [0, 0.1) is 6.92 Å². The summed E-state index contributed by atoms with van der Waals surface area (Å²) in [7, 11) is 3.10. The lowest BCUT2D eigenvalue weighted by molar-refractivity contribution is -0.137. The average molecular weight is 439 g/mol. The van der Waals surface area contributed by atoms with Crippen LogP contribution in [0.5, 0.6) is 11.5 Å². The summed E-state index contributed by atoms with van der Waals surface area (Å²) in [5.41, 5.74) is 2.99. The van der Waals surface area contributed by atoms with Crippen LogP contribution in [0.15, 0.2) is 48.2 Å². The van der Waals surface area contributed by atoms with Crippen molar-refractivity contribution in [3.05, 3.63) is 59.3 Å². The number of nitrogens with zero attached hydrogens (tertiary/aromatic N) is 1. The third-order valence-electron chi connectivity index (χ3n) is 5.14. The highest BCUT2D eigenvalue weighted by atomic mass is 16.5. The third kappa shape index (κ3) is 5.11. The number of carbonyl (C=O) groups excluding carboxylic acids is 2. The normalized spacial score (nSPS) is 13.9. The molecule has 0 saturated heterocycles. The van der Waals surface area contributed by atoms with E-state index in [1.165, 1.54) is 4.90 Å². The Balaban J connectivity index is 1.93. The summed E-state index contributed by atoms with van der Waals surface area (Å²) in [6.07, 6.45) is 0.670. The minimum atomic E-state index is -0.357. The lowest BCUT2D eigenvalue weighted by atomic mass is 10.0. The molecule has 0 radical (unpaired) electrons. The Bertz CT molecular complexity index is 1010. The van der Waals surface area contributed by atoms with Crippen molar-refractivity contribution < 1.29 is 23.8 Å². The molecule has 0 saturated carbocycles. The van der Waals surface area contributed by atoms with Gasteiger partial charge in [-0.1, -0.05) is 29.8 Å². The molecule has 0 atom stereocenters. The number of methoxy groups -OCH3 is 2. The van der Waals surface area contributed by atoms with Gasteiger partial charge in [0, 0.05) is 24.9 Å². The summed E-state index contributed by atoms with van der Waals surface area (Å²) in [6.45, 7) is 6.65. The van der Waals surface area contributed by atoms with E-state index in [-0.39, 0.29) is 30.2 Å². The Morgan fingerprint density at radius 3 is 2.25 bits per heavy atom. The highest BCUT2D eigenvalue weighted by molar-refractivity contribution is 6.36. The van der Waals surface area contributed by atoms with Crippen LogP contribution < -0.4 is 14.8 Å². The lowest BCUT2D eigenvalue weighted by Crippen LogP contribution is -2.34. The number of amides is 2. The van der Waals surface area contributed by atoms with Crippen LogP contribution in [0.1, 0.15) is 31.4 Å². The molecule has 1 N–H and O–H groups in total. The second kappa shape index (κ2) is 10.3. The summed E-state index contributed by atoms with van der Waals surface area (Å²) in [5.74, 6) is 0.428. The van der Waals surface area contributed by atoms with E-state index in [4.69, 9.17) is 14.2 Å². The Morgan fingerprint density at radius 2 is 1.62 bits per heavy atom. The molecule has 2 aromatic carbocycles. The van der Waals surface area contributed by atoms with E-state index in [2.05, 4.69) is 5.32 Å². The van der Waals surface area contributed by atoms with Gasteiger partial charge in [0.15, 0.2) is 11.5 Å². The summed E-state index contributed by atoms with van der Waals surface area (Å²) in [5, 5.41) is 3.15. The van der Waals surface area contributed by atoms with Crippen molar-refractivity contribution in [1.29, 1.82) is 0 Å². The van der Waals surface area contributed by atoms with Crippen LogP contribution in [0.2, 0.25) is 0 Å². The van der Waals surface area contributed by atoms with E-state index >= 15 is 0 Å². The van der Waals surface area contributed by atoms with Crippen LogP contribution in [-0.4, -0.2) is 50.2 Å². The second-order valence-electron chi connectivity index (χ2n) is 7.85. The van der Waals surface area contributed by atoms with Gasteiger partial charge in [-0.05, 0) is 44.9 Å². The quantitative estimate of drug-likeness (QED) is 0.446. The molecule has 170 valence electrons. The molecule has 32 heavy (non-hydrogen) atoms. The van der Waals surface area contributed by atoms with Gasteiger partial charge in [-0.2, -0.15) is 0 Å². The van der Waals surface area contributed by atoms with Crippen LogP contribution in [0.3, 0.4) is 0 Å². The van der Waals surface area contributed by atoms with Crippen molar-refractivity contribution in [3.63, 3.8) is 0 Å². The lowest BCUT2D eigenvalue weighted by Gasteiger charge is -2.16. The van der Waals surface area contributed by atoms with Crippen molar-refractivity contribution in [3.8, 4) is 11.5 Å². The number of carbonyl (C=O) groups is 2. The van der Waals surface area contributed by atoms with Crippen LogP contribution >= 0.6 is 0 Å². The van der Waals surface area contributed by atoms with E-state index in [1.54, 1.807) is 32.4 Å². The number of hydrogen-bond donors (Lipinski definition) is 1. The molecule has 7 nitrogen and oxygen atoms in total. The first-order valence-electron chi connectivity index (χ1n) is 10.6. The van der Waals surface area contributed by atoms with Gasteiger partial charge in [0.2, 0.25) is 0 Å². The second-order valence-corrected chi connectivity index (χ2v) is 7.85. The average Bonchev–Trinajstić information content (AvgIpc) is 3.01. The van der Waals surface area contributed by atoms with Gasteiger partial charge in [0.25, 0.3) is 11.8 Å². The molecule has 0 aliphatic carbocycles. The highest BCUT2D eigenvalue weighted by Gasteiger charge is 2.38. The zero-order chi connectivity index (χ0) is 23.3. The molecular weight excluding hydrogens is 408 g/mol. The molecule has 0 fully saturated rings. The maximum Gasteiger partial charge on any atom is 0.278 e. The fourth-order valence-electron chi connectivity index (χ4n) is 3.48. The first-order valence-corrected chi connectivity index (χ1v) is 10.6. The number of nitrogens with one attached hydrogen (secondary N) is 1. The van der Waals surface area contributed by atoms with E-state index in [0.29, 0.717) is 41.4 Å². The van der Waals surface area contributed by atoms with Crippen LogP contribution in [0.4, 0.5) is 5.69 Å². The molecule has 0 aromatic heterocycles. The minimum absolute atomic E-state index is 0.100. The summed E-state index contributed by atoms with van der Waals surface area (Å²) >= 11 is 0. The van der Waals surface area contributed by atoms with Gasteiger partial charge in [-0.3, -0.25) is 14.5 Å². The maximum absolute atomic E-state index is 13.3. The highest BCUT2D eigenvalue weighted by Crippen LogP contribution is 2.34. The number of imide groups is 1. The molecule has 0 unspecified atom stereocenters. The van der Waals surface area contributed by atoms with E-state index in [1.807, 2.05) is 45.0 Å². The van der Waals surface area contributed by atoms with Gasteiger partial charge in [0.1, 0.15) is 5.70 Å². The van der Waals surface area contributed by atoms with Crippen LogP contribution in [-0.2, 0) is 14.3 Å². The van der Waals surface area contributed by atoms with Gasteiger partial charge in [-0.25, -0.2) is 0 Å².